The summed E-state index contributed by atoms with van der Waals surface area (Å²) < 4.78 is 1.69. The second-order valence-electron chi connectivity index (χ2n) is 6.69. The summed E-state index contributed by atoms with van der Waals surface area (Å²) in [7, 11) is 1.75. The maximum absolute atomic E-state index is 12.5. The number of hydrogen-bond donors (Lipinski definition) is 2. The highest BCUT2D eigenvalue weighted by atomic mass is 35.5. The number of thiazole rings is 1. The van der Waals surface area contributed by atoms with Gasteiger partial charge in [0.25, 0.3) is 0 Å². The van der Waals surface area contributed by atoms with Crippen molar-refractivity contribution in [1.82, 2.24) is 19.7 Å². The van der Waals surface area contributed by atoms with Gasteiger partial charge in [-0.1, -0.05) is 41.0 Å². The van der Waals surface area contributed by atoms with E-state index in [9.17, 15) is 9.59 Å². The topological polar surface area (TPSA) is 102 Å². The van der Waals surface area contributed by atoms with E-state index < -0.39 is 5.25 Å². The van der Waals surface area contributed by atoms with Gasteiger partial charge in [0.2, 0.25) is 11.8 Å². The van der Waals surface area contributed by atoms with Crippen LogP contribution in [0.2, 0.25) is 10.0 Å². The summed E-state index contributed by atoms with van der Waals surface area (Å²) >= 11 is 14.8. The van der Waals surface area contributed by atoms with E-state index in [-0.39, 0.29) is 23.3 Å². The van der Waals surface area contributed by atoms with Crippen molar-refractivity contribution in [2.24, 2.45) is 7.05 Å². The predicted molar refractivity (Wildman–Crippen MR) is 125 cm³/mol. The van der Waals surface area contributed by atoms with Crippen LogP contribution in [-0.2, 0) is 23.1 Å². The highest BCUT2D eigenvalue weighted by Gasteiger charge is 2.21. The lowest BCUT2D eigenvalue weighted by Gasteiger charge is -2.10. The number of thioether (sulfide) groups is 1. The molecular formula is C19H20Cl2N6O2S2. The summed E-state index contributed by atoms with van der Waals surface area (Å²) in [6.07, 6.45) is -0.00878. The molecule has 2 aromatic heterocycles. The Morgan fingerprint density at radius 2 is 1.97 bits per heavy atom. The zero-order valence-electron chi connectivity index (χ0n) is 17.2. The molecule has 0 bridgehead atoms. The smallest absolute Gasteiger partial charge is 0.239 e. The lowest BCUT2D eigenvalue weighted by Crippen LogP contribution is -2.23. The third-order valence-corrected chi connectivity index (χ3v) is 7.32. The molecule has 0 aliphatic carbocycles. The van der Waals surface area contributed by atoms with Gasteiger partial charge in [-0.25, -0.2) is 4.98 Å². The van der Waals surface area contributed by atoms with E-state index in [1.54, 1.807) is 36.7 Å². The number of aryl methyl sites for hydroxylation is 2. The molecule has 2 heterocycles. The number of aromatic nitrogens is 4. The molecule has 0 saturated heterocycles. The molecule has 2 amide bonds. The van der Waals surface area contributed by atoms with Crippen LogP contribution in [0, 0.1) is 13.8 Å². The van der Waals surface area contributed by atoms with Crippen LogP contribution in [0.3, 0.4) is 0 Å². The van der Waals surface area contributed by atoms with Gasteiger partial charge in [-0.15, -0.1) is 21.5 Å². The molecule has 0 fully saturated rings. The molecule has 0 radical (unpaired) electrons. The average molecular weight is 499 g/mol. The Balaban J connectivity index is 1.60. The number of carbonyl (C=O) groups is 2. The van der Waals surface area contributed by atoms with Crippen molar-refractivity contribution < 1.29 is 9.59 Å². The standard InChI is InChI=1S/C19H20Cl2N6O2S2/c1-9-10(2)30-18(22-9)24-17(29)11(3)31-19-26-25-14(27(19)4)8-15(28)23-13-7-5-6-12(20)16(13)21/h5-7,11H,8H2,1-4H3,(H,23,28)(H,22,24,29). The Morgan fingerprint density at radius 1 is 1.23 bits per heavy atom. The lowest BCUT2D eigenvalue weighted by molar-refractivity contribution is -0.116. The normalized spacial score (nSPS) is 11.9. The molecule has 0 aliphatic heterocycles. The summed E-state index contributed by atoms with van der Waals surface area (Å²) in [5, 5.41) is 15.0. The van der Waals surface area contributed by atoms with Gasteiger partial charge < -0.3 is 15.2 Å². The average Bonchev–Trinajstić information content (AvgIpc) is 3.20. The first-order valence-corrected chi connectivity index (χ1v) is 11.6. The highest BCUT2D eigenvalue weighted by Crippen LogP contribution is 2.30. The minimum Gasteiger partial charge on any atom is -0.324 e. The van der Waals surface area contributed by atoms with E-state index in [4.69, 9.17) is 23.2 Å². The van der Waals surface area contributed by atoms with Crippen LogP contribution < -0.4 is 10.6 Å². The monoisotopic (exact) mass is 498 g/mol. The first-order valence-electron chi connectivity index (χ1n) is 9.19. The summed E-state index contributed by atoms with van der Waals surface area (Å²) in [4.78, 5) is 30.3. The second-order valence-corrected chi connectivity index (χ2v) is 9.99. The molecule has 3 rings (SSSR count). The Morgan fingerprint density at radius 3 is 2.65 bits per heavy atom. The van der Waals surface area contributed by atoms with Gasteiger partial charge in [0.1, 0.15) is 5.82 Å². The van der Waals surface area contributed by atoms with Crippen LogP contribution in [-0.4, -0.2) is 36.8 Å². The SMILES string of the molecule is Cc1nc(NC(=O)C(C)Sc2nnc(CC(=O)Nc3cccc(Cl)c3Cl)n2C)sc1C. The molecular weight excluding hydrogens is 479 g/mol. The van der Waals surface area contributed by atoms with Gasteiger partial charge >= 0.3 is 0 Å². The fraction of sp³-hybridized carbons (Fsp3) is 0.316. The van der Waals surface area contributed by atoms with Crippen molar-refractivity contribution in [3.05, 3.63) is 44.6 Å². The Kier molecular flexibility index (Phi) is 7.58. The molecule has 0 spiro atoms. The van der Waals surface area contributed by atoms with E-state index in [1.807, 2.05) is 13.8 Å². The number of carbonyl (C=O) groups excluding carboxylic acids is 2. The van der Waals surface area contributed by atoms with Crippen LogP contribution in [0.25, 0.3) is 0 Å². The van der Waals surface area contributed by atoms with Crippen LogP contribution in [0.4, 0.5) is 10.8 Å². The van der Waals surface area contributed by atoms with E-state index in [0.29, 0.717) is 26.8 Å². The molecule has 3 aromatic rings. The Labute approximate surface area is 197 Å². The molecule has 1 aromatic carbocycles. The number of rotatable bonds is 7. The number of hydrogen-bond acceptors (Lipinski definition) is 7. The largest absolute Gasteiger partial charge is 0.324 e. The number of amides is 2. The zero-order chi connectivity index (χ0) is 22.7. The predicted octanol–water partition coefficient (Wildman–Crippen LogP) is 4.50. The van der Waals surface area contributed by atoms with E-state index in [0.717, 1.165) is 10.6 Å². The second kappa shape index (κ2) is 9.99. The number of nitrogens with one attached hydrogen (secondary N) is 2. The van der Waals surface area contributed by atoms with Crippen molar-refractivity contribution in [2.75, 3.05) is 10.6 Å². The molecule has 1 unspecified atom stereocenters. The molecule has 164 valence electrons. The van der Waals surface area contributed by atoms with Gasteiger partial charge in [0.05, 0.1) is 33.1 Å². The van der Waals surface area contributed by atoms with Gasteiger partial charge in [-0.3, -0.25) is 9.59 Å². The third kappa shape index (κ3) is 5.76. The van der Waals surface area contributed by atoms with Gasteiger partial charge in [-0.05, 0) is 32.9 Å². The third-order valence-electron chi connectivity index (χ3n) is 4.38. The summed E-state index contributed by atoms with van der Waals surface area (Å²) in [5.74, 6) is -0.0370. The number of benzene rings is 1. The van der Waals surface area contributed by atoms with Gasteiger partial charge in [-0.2, -0.15) is 0 Å². The fourth-order valence-electron chi connectivity index (χ4n) is 2.48. The minimum absolute atomic E-state index is 0.00878. The van der Waals surface area contributed by atoms with Crippen molar-refractivity contribution >= 4 is 68.9 Å². The van der Waals surface area contributed by atoms with Gasteiger partial charge in [0, 0.05) is 11.9 Å². The Hall–Kier alpha value is -2.14. The van der Waals surface area contributed by atoms with Gasteiger partial charge in [0.15, 0.2) is 10.3 Å². The number of halogens is 2. The molecule has 2 N–H and O–H groups in total. The molecule has 12 heteroatoms. The van der Waals surface area contributed by atoms with E-state index in [2.05, 4.69) is 25.8 Å². The molecule has 8 nitrogen and oxygen atoms in total. The van der Waals surface area contributed by atoms with E-state index >= 15 is 0 Å². The van der Waals surface area contributed by atoms with Crippen LogP contribution in [0.15, 0.2) is 23.4 Å². The zero-order valence-corrected chi connectivity index (χ0v) is 20.3. The molecule has 31 heavy (non-hydrogen) atoms. The van der Waals surface area contributed by atoms with Crippen LogP contribution >= 0.6 is 46.3 Å². The van der Waals surface area contributed by atoms with Crippen molar-refractivity contribution in [3.63, 3.8) is 0 Å². The fourth-order valence-corrected chi connectivity index (χ4v) is 4.48. The van der Waals surface area contributed by atoms with E-state index in [1.165, 1.54) is 23.1 Å². The maximum atomic E-state index is 12.5. The number of anilines is 2. The highest BCUT2D eigenvalue weighted by molar-refractivity contribution is 8.00. The summed E-state index contributed by atoms with van der Waals surface area (Å²) in [5.41, 5.74) is 1.32. The Bertz CT molecular complexity index is 1110. The summed E-state index contributed by atoms with van der Waals surface area (Å²) in [6, 6.07) is 5.00. The van der Waals surface area contributed by atoms with Crippen molar-refractivity contribution in [2.45, 2.75) is 37.6 Å². The first kappa shape index (κ1) is 23.5. The quantitative estimate of drug-likeness (QED) is 0.465. The molecule has 0 saturated carbocycles. The molecule has 0 aliphatic rings. The lowest BCUT2D eigenvalue weighted by atomic mass is 10.3. The summed E-state index contributed by atoms with van der Waals surface area (Å²) in [6.45, 7) is 5.63. The first-order chi connectivity index (χ1) is 14.7. The number of nitrogens with zero attached hydrogens (tertiary/aromatic N) is 4. The maximum Gasteiger partial charge on any atom is 0.239 e. The minimum atomic E-state index is -0.431. The van der Waals surface area contributed by atoms with Crippen molar-refractivity contribution in [3.8, 4) is 0 Å². The van der Waals surface area contributed by atoms with Crippen LogP contribution in [0.5, 0.6) is 0 Å². The van der Waals surface area contributed by atoms with Crippen molar-refractivity contribution in [1.29, 1.82) is 0 Å². The molecule has 1 atom stereocenters. The van der Waals surface area contributed by atoms with Crippen LogP contribution in [0.1, 0.15) is 23.3 Å².